The zero-order valence-electron chi connectivity index (χ0n) is 12.6. The Kier molecular flexibility index (Phi) is 7.62. The first-order valence-corrected chi connectivity index (χ1v) is 7.62. The summed E-state index contributed by atoms with van der Waals surface area (Å²) in [6.45, 7) is 10.6. The lowest BCUT2D eigenvalue weighted by Gasteiger charge is -2.18. The molecule has 6 heteroatoms. The van der Waals surface area contributed by atoms with E-state index in [-0.39, 0.29) is 11.8 Å². The van der Waals surface area contributed by atoms with Gasteiger partial charge in [-0.05, 0) is 26.1 Å². The monoisotopic (exact) mass is 300 g/mol. The summed E-state index contributed by atoms with van der Waals surface area (Å²) in [6, 6.07) is 0. The van der Waals surface area contributed by atoms with Crippen LogP contribution in [0.2, 0.25) is 5.02 Å². The quantitative estimate of drug-likeness (QED) is 0.710. The SMILES string of the molecule is CCN(CC)CCCNC(=O)C(C)Cn1cc(Cl)cn1. The first-order chi connectivity index (χ1) is 9.56. The lowest BCUT2D eigenvalue weighted by molar-refractivity contribution is -0.124. The van der Waals surface area contributed by atoms with Gasteiger partial charge >= 0.3 is 0 Å². The van der Waals surface area contributed by atoms with Gasteiger partial charge in [0, 0.05) is 12.7 Å². The van der Waals surface area contributed by atoms with Crippen LogP contribution in [-0.2, 0) is 11.3 Å². The van der Waals surface area contributed by atoms with Crippen LogP contribution in [0.3, 0.4) is 0 Å². The van der Waals surface area contributed by atoms with Gasteiger partial charge in [-0.25, -0.2) is 0 Å². The fourth-order valence-electron chi connectivity index (χ4n) is 2.03. The molecule has 5 nitrogen and oxygen atoms in total. The first-order valence-electron chi connectivity index (χ1n) is 7.24. The Morgan fingerprint density at radius 1 is 1.50 bits per heavy atom. The van der Waals surface area contributed by atoms with Crippen LogP contribution in [0.5, 0.6) is 0 Å². The van der Waals surface area contributed by atoms with E-state index in [9.17, 15) is 4.79 Å². The van der Waals surface area contributed by atoms with E-state index in [2.05, 4.69) is 29.2 Å². The summed E-state index contributed by atoms with van der Waals surface area (Å²) < 4.78 is 1.70. The fourth-order valence-corrected chi connectivity index (χ4v) is 2.19. The molecule has 1 aromatic rings. The van der Waals surface area contributed by atoms with Crippen molar-refractivity contribution < 1.29 is 4.79 Å². The highest BCUT2D eigenvalue weighted by Gasteiger charge is 2.13. The van der Waals surface area contributed by atoms with Crippen LogP contribution in [0.1, 0.15) is 27.2 Å². The van der Waals surface area contributed by atoms with Crippen LogP contribution in [-0.4, -0.2) is 46.8 Å². The van der Waals surface area contributed by atoms with Crippen LogP contribution < -0.4 is 5.32 Å². The Morgan fingerprint density at radius 2 is 2.20 bits per heavy atom. The third-order valence-corrected chi connectivity index (χ3v) is 3.55. The van der Waals surface area contributed by atoms with Gasteiger partial charge < -0.3 is 10.2 Å². The normalized spacial score (nSPS) is 12.7. The highest BCUT2D eigenvalue weighted by atomic mass is 35.5. The predicted octanol–water partition coefficient (Wildman–Crippen LogP) is 2.02. The number of hydrogen-bond acceptors (Lipinski definition) is 3. The largest absolute Gasteiger partial charge is 0.356 e. The van der Waals surface area contributed by atoms with Gasteiger partial charge in [-0.3, -0.25) is 9.48 Å². The van der Waals surface area contributed by atoms with Gasteiger partial charge in [0.25, 0.3) is 0 Å². The van der Waals surface area contributed by atoms with E-state index >= 15 is 0 Å². The van der Waals surface area contributed by atoms with E-state index in [1.165, 1.54) is 0 Å². The second kappa shape index (κ2) is 8.97. The highest BCUT2D eigenvalue weighted by molar-refractivity contribution is 6.30. The molecule has 0 aromatic carbocycles. The van der Waals surface area contributed by atoms with Crippen molar-refractivity contribution in [1.82, 2.24) is 20.0 Å². The number of carbonyl (C=O) groups excluding carboxylic acids is 1. The van der Waals surface area contributed by atoms with Crippen LogP contribution in [0.15, 0.2) is 12.4 Å². The van der Waals surface area contributed by atoms with Gasteiger partial charge in [0.05, 0.1) is 23.7 Å². The Balaban J connectivity index is 2.21. The second-order valence-corrected chi connectivity index (χ2v) is 5.39. The smallest absolute Gasteiger partial charge is 0.224 e. The van der Waals surface area contributed by atoms with Crippen molar-refractivity contribution in [2.45, 2.75) is 33.7 Å². The van der Waals surface area contributed by atoms with E-state index in [1.54, 1.807) is 17.1 Å². The predicted molar refractivity (Wildman–Crippen MR) is 81.8 cm³/mol. The molecule has 0 aliphatic carbocycles. The fraction of sp³-hybridized carbons (Fsp3) is 0.714. The van der Waals surface area contributed by atoms with Gasteiger partial charge in [-0.2, -0.15) is 5.10 Å². The maximum absolute atomic E-state index is 11.9. The molecule has 1 aromatic heterocycles. The van der Waals surface area contributed by atoms with Gasteiger partial charge in [-0.1, -0.05) is 32.4 Å². The standard InChI is InChI=1S/C14H25ClN4O/c1-4-18(5-2)8-6-7-16-14(20)12(3)10-19-11-13(15)9-17-19/h9,11-12H,4-8,10H2,1-3H3,(H,16,20). The summed E-state index contributed by atoms with van der Waals surface area (Å²) in [5, 5.41) is 7.65. The molecule has 0 fully saturated rings. The van der Waals surface area contributed by atoms with Crippen LogP contribution in [0.4, 0.5) is 0 Å². The van der Waals surface area contributed by atoms with Crippen molar-refractivity contribution in [2.24, 2.45) is 5.92 Å². The third kappa shape index (κ3) is 5.92. The van der Waals surface area contributed by atoms with Gasteiger partial charge in [0.1, 0.15) is 0 Å². The van der Waals surface area contributed by atoms with Crippen molar-refractivity contribution >= 4 is 17.5 Å². The maximum atomic E-state index is 11.9. The molecule has 1 N–H and O–H groups in total. The number of aromatic nitrogens is 2. The number of amides is 1. The molecule has 1 rings (SSSR count). The van der Waals surface area contributed by atoms with E-state index < -0.39 is 0 Å². The van der Waals surface area contributed by atoms with E-state index in [0.717, 1.165) is 32.6 Å². The number of hydrogen-bond donors (Lipinski definition) is 1. The molecular formula is C14H25ClN4O. The third-order valence-electron chi connectivity index (χ3n) is 3.36. The summed E-state index contributed by atoms with van der Waals surface area (Å²) in [4.78, 5) is 14.3. The van der Waals surface area contributed by atoms with Crippen LogP contribution in [0.25, 0.3) is 0 Å². The molecule has 20 heavy (non-hydrogen) atoms. The van der Waals surface area contributed by atoms with Gasteiger partial charge in [0.2, 0.25) is 5.91 Å². The molecule has 0 radical (unpaired) electrons. The second-order valence-electron chi connectivity index (χ2n) is 4.95. The molecule has 0 saturated heterocycles. The summed E-state index contributed by atoms with van der Waals surface area (Å²) in [5.74, 6) is -0.0458. The number of carbonyl (C=O) groups is 1. The van der Waals surface area contributed by atoms with Crippen LogP contribution in [0, 0.1) is 5.92 Å². The van der Waals surface area contributed by atoms with Crippen LogP contribution >= 0.6 is 11.6 Å². The summed E-state index contributed by atoms with van der Waals surface area (Å²) >= 11 is 5.79. The molecule has 0 saturated carbocycles. The molecule has 0 aliphatic rings. The molecule has 1 heterocycles. The summed E-state index contributed by atoms with van der Waals surface area (Å²) in [6.07, 6.45) is 4.29. The number of halogens is 1. The molecule has 114 valence electrons. The Bertz CT molecular complexity index is 404. The maximum Gasteiger partial charge on any atom is 0.224 e. The van der Waals surface area contributed by atoms with Crippen molar-refractivity contribution in [2.75, 3.05) is 26.2 Å². The number of nitrogens with one attached hydrogen (secondary N) is 1. The van der Waals surface area contributed by atoms with Gasteiger partial charge in [0.15, 0.2) is 0 Å². The minimum atomic E-state index is -0.112. The molecule has 0 bridgehead atoms. The molecule has 1 amide bonds. The van der Waals surface area contributed by atoms with Crippen molar-refractivity contribution in [1.29, 1.82) is 0 Å². The molecule has 0 spiro atoms. The van der Waals surface area contributed by atoms with Crippen molar-refractivity contribution in [3.63, 3.8) is 0 Å². The first kappa shape index (κ1) is 17.0. The number of rotatable bonds is 9. The summed E-state index contributed by atoms with van der Waals surface area (Å²) in [7, 11) is 0. The topological polar surface area (TPSA) is 50.2 Å². The van der Waals surface area contributed by atoms with E-state index in [0.29, 0.717) is 11.6 Å². The van der Waals surface area contributed by atoms with Crippen molar-refractivity contribution in [3.05, 3.63) is 17.4 Å². The van der Waals surface area contributed by atoms with Crippen molar-refractivity contribution in [3.8, 4) is 0 Å². The lowest BCUT2D eigenvalue weighted by atomic mass is 10.1. The zero-order chi connectivity index (χ0) is 15.0. The summed E-state index contributed by atoms with van der Waals surface area (Å²) in [5.41, 5.74) is 0. The minimum absolute atomic E-state index is 0.0659. The highest BCUT2D eigenvalue weighted by Crippen LogP contribution is 2.07. The molecule has 0 aliphatic heterocycles. The Morgan fingerprint density at radius 3 is 2.75 bits per heavy atom. The van der Waals surface area contributed by atoms with Gasteiger partial charge in [-0.15, -0.1) is 0 Å². The molecule has 1 atom stereocenters. The number of nitrogens with zero attached hydrogens (tertiary/aromatic N) is 3. The molecule has 1 unspecified atom stereocenters. The zero-order valence-corrected chi connectivity index (χ0v) is 13.4. The molecular weight excluding hydrogens is 276 g/mol. The average Bonchev–Trinajstić information content (AvgIpc) is 2.84. The lowest BCUT2D eigenvalue weighted by Crippen LogP contribution is -2.34. The Labute approximate surface area is 126 Å². The minimum Gasteiger partial charge on any atom is -0.356 e. The van der Waals surface area contributed by atoms with E-state index in [4.69, 9.17) is 11.6 Å². The van der Waals surface area contributed by atoms with E-state index in [1.807, 2.05) is 6.92 Å². The Hall–Kier alpha value is -1.07. The average molecular weight is 301 g/mol.